The highest BCUT2D eigenvalue weighted by Gasteiger charge is 2.37. The minimum absolute atomic E-state index is 0.327. The van der Waals surface area contributed by atoms with Crippen LogP contribution in [0.15, 0.2) is 24.3 Å². The summed E-state index contributed by atoms with van der Waals surface area (Å²) in [5.41, 5.74) is -0.156. The average Bonchev–Trinajstić information content (AvgIpc) is 2.46. The maximum absolute atomic E-state index is 12.2. The maximum atomic E-state index is 12.2. The lowest BCUT2D eigenvalue weighted by atomic mass is 9.82. The Morgan fingerprint density at radius 2 is 1.90 bits per heavy atom. The van der Waals surface area contributed by atoms with Crippen LogP contribution in [0.1, 0.15) is 49.5 Å². The van der Waals surface area contributed by atoms with Crippen LogP contribution in [-0.4, -0.2) is 23.0 Å². The van der Waals surface area contributed by atoms with Crippen molar-refractivity contribution in [2.45, 2.75) is 39.7 Å². The van der Waals surface area contributed by atoms with Crippen LogP contribution in [-0.2, 0) is 4.79 Å². The first-order valence-corrected chi connectivity index (χ1v) is 6.87. The molecule has 2 N–H and O–H groups in total. The van der Waals surface area contributed by atoms with Gasteiger partial charge in [0.15, 0.2) is 0 Å². The number of amides is 1. The normalized spacial score (nSPS) is 12.3. The molecule has 1 amide bonds. The van der Waals surface area contributed by atoms with Gasteiger partial charge in [-0.05, 0) is 44.5 Å². The van der Waals surface area contributed by atoms with Gasteiger partial charge in [0.05, 0.1) is 17.0 Å². The van der Waals surface area contributed by atoms with E-state index in [4.69, 9.17) is 5.26 Å². The molecule has 0 saturated carbocycles. The Morgan fingerprint density at radius 3 is 2.33 bits per heavy atom. The number of rotatable bonds is 6. The molecule has 0 aromatic heterocycles. The third-order valence-electron chi connectivity index (χ3n) is 3.58. The van der Waals surface area contributed by atoms with Crippen molar-refractivity contribution in [3.63, 3.8) is 0 Å². The first kappa shape index (κ1) is 16.7. The van der Waals surface area contributed by atoms with E-state index in [2.05, 4.69) is 5.32 Å². The molecular formula is C16H20N2O3. The molecule has 0 radical (unpaired) electrons. The molecule has 5 nitrogen and oxygen atoms in total. The number of benzene rings is 1. The van der Waals surface area contributed by atoms with Crippen LogP contribution in [0, 0.1) is 16.7 Å². The third kappa shape index (κ3) is 4.06. The third-order valence-corrected chi connectivity index (χ3v) is 3.58. The van der Waals surface area contributed by atoms with Crippen molar-refractivity contribution in [1.29, 1.82) is 5.26 Å². The molecule has 1 aromatic carbocycles. The molecule has 1 atom stereocenters. The van der Waals surface area contributed by atoms with Gasteiger partial charge in [-0.1, -0.05) is 13.3 Å². The Bertz CT molecular complexity index is 556. The summed E-state index contributed by atoms with van der Waals surface area (Å²) < 4.78 is 0. The Kier molecular flexibility index (Phi) is 5.48. The lowest BCUT2D eigenvalue weighted by Crippen LogP contribution is -2.48. The van der Waals surface area contributed by atoms with Crippen LogP contribution < -0.4 is 5.32 Å². The summed E-state index contributed by atoms with van der Waals surface area (Å²) in [5.74, 6) is -1.27. The zero-order chi connectivity index (χ0) is 16.0. The largest absolute Gasteiger partial charge is 0.481 e. The number of carboxylic acid groups (broad SMARTS) is 1. The second-order valence-electron chi connectivity index (χ2n) is 5.53. The van der Waals surface area contributed by atoms with Gasteiger partial charge in [-0.2, -0.15) is 5.26 Å². The summed E-state index contributed by atoms with van der Waals surface area (Å²) in [4.78, 5) is 23.6. The van der Waals surface area contributed by atoms with E-state index in [1.165, 1.54) is 0 Å². The van der Waals surface area contributed by atoms with E-state index in [9.17, 15) is 14.7 Å². The van der Waals surface area contributed by atoms with Gasteiger partial charge in [-0.15, -0.1) is 0 Å². The predicted octanol–water partition coefficient (Wildman–Crippen LogP) is 2.57. The number of nitrogens with zero attached hydrogens (tertiary/aromatic N) is 1. The lowest BCUT2D eigenvalue weighted by Gasteiger charge is -2.31. The first-order chi connectivity index (χ1) is 9.82. The number of aliphatic carboxylic acids is 1. The molecule has 112 valence electrons. The fourth-order valence-corrected chi connectivity index (χ4v) is 1.99. The summed E-state index contributed by atoms with van der Waals surface area (Å²) in [7, 11) is 0. The summed E-state index contributed by atoms with van der Waals surface area (Å²) in [5, 5.41) is 20.8. The highest BCUT2D eigenvalue weighted by Crippen LogP contribution is 2.24. The van der Waals surface area contributed by atoms with Crippen LogP contribution in [0.4, 0.5) is 0 Å². The Hall–Kier alpha value is -2.35. The number of carbonyl (C=O) groups is 2. The second kappa shape index (κ2) is 6.89. The summed E-state index contributed by atoms with van der Waals surface area (Å²) in [6.45, 7) is 5.15. The number of carbonyl (C=O) groups excluding carboxylic acids is 1. The lowest BCUT2D eigenvalue weighted by molar-refractivity contribution is -0.148. The van der Waals surface area contributed by atoms with E-state index in [1.54, 1.807) is 38.1 Å². The van der Waals surface area contributed by atoms with E-state index in [1.807, 2.05) is 13.0 Å². The molecule has 21 heavy (non-hydrogen) atoms. The van der Waals surface area contributed by atoms with Crippen molar-refractivity contribution in [3.8, 4) is 6.07 Å². The maximum Gasteiger partial charge on any atom is 0.311 e. The van der Waals surface area contributed by atoms with Crippen LogP contribution >= 0.6 is 0 Å². The minimum Gasteiger partial charge on any atom is -0.481 e. The van der Waals surface area contributed by atoms with Gasteiger partial charge in [0, 0.05) is 11.6 Å². The Balaban J connectivity index is 2.90. The number of carboxylic acids is 1. The topological polar surface area (TPSA) is 90.2 Å². The van der Waals surface area contributed by atoms with Crippen LogP contribution in [0.5, 0.6) is 0 Å². The highest BCUT2D eigenvalue weighted by atomic mass is 16.4. The fraction of sp³-hybridized carbons (Fsp3) is 0.438. The molecular weight excluding hydrogens is 268 g/mol. The van der Waals surface area contributed by atoms with Gasteiger partial charge < -0.3 is 10.4 Å². The molecule has 0 spiro atoms. The van der Waals surface area contributed by atoms with E-state index in [0.29, 0.717) is 17.5 Å². The molecule has 1 aromatic rings. The molecule has 0 aliphatic heterocycles. The van der Waals surface area contributed by atoms with Gasteiger partial charge >= 0.3 is 5.97 Å². The molecule has 0 heterocycles. The predicted molar refractivity (Wildman–Crippen MR) is 78.7 cm³/mol. The molecule has 0 bridgehead atoms. The van der Waals surface area contributed by atoms with Gasteiger partial charge in [-0.3, -0.25) is 9.59 Å². The van der Waals surface area contributed by atoms with Crippen molar-refractivity contribution >= 4 is 11.9 Å². The molecule has 0 unspecified atom stereocenters. The second-order valence-corrected chi connectivity index (χ2v) is 5.53. The SMILES string of the molecule is CCC[C@@H](NC(=O)c1ccc(C#N)cc1)C(C)(C)C(=O)O. The quantitative estimate of drug-likeness (QED) is 0.841. The van der Waals surface area contributed by atoms with E-state index < -0.39 is 17.4 Å². The monoisotopic (exact) mass is 288 g/mol. The Labute approximate surface area is 124 Å². The number of nitriles is 1. The summed E-state index contributed by atoms with van der Waals surface area (Å²) in [6.07, 6.45) is 1.36. The zero-order valence-electron chi connectivity index (χ0n) is 12.5. The Morgan fingerprint density at radius 1 is 1.33 bits per heavy atom. The zero-order valence-corrected chi connectivity index (χ0v) is 12.5. The molecule has 0 fully saturated rings. The van der Waals surface area contributed by atoms with E-state index in [-0.39, 0.29) is 5.91 Å². The van der Waals surface area contributed by atoms with Crippen molar-refractivity contribution in [2.24, 2.45) is 5.41 Å². The van der Waals surface area contributed by atoms with Crippen molar-refractivity contribution in [2.75, 3.05) is 0 Å². The fourth-order valence-electron chi connectivity index (χ4n) is 1.99. The standard InChI is InChI=1S/C16H20N2O3/c1-4-5-13(16(2,3)15(20)21)18-14(19)12-8-6-11(10-17)7-9-12/h6-9,13H,4-5H2,1-3H3,(H,18,19)(H,20,21)/t13-/m1/s1. The van der Waals surface area contributed by atoms with Crippen molar-refractivity contribution in [1.82, 2.24) is 5.32 Å². The number of hydrogen-bond acceptors (Lipinski definition) is 3. The molecule has 0 aliphatic carbocycles. The molecule has 0 aliphatic rings. The average molecular weight is 288 g/mol. The van der Waals surface area contributed by atoms with E-state index >= 15 is 0 Å². The van der Waals surface area contributed by atoms with E-state index in [0.717, 1.165) is 6.42 Å². The minimum atomic E-state index is -1.04. The molecule has 5 heteroatoms. The van der Waals surface area contributed by atoms with Crippen molar-refractivity contribution in [3.05, 3.63) is 35.4 Å². The summed E-state index contributed by atoms with van der Waals surface area (Å²) >= 11 is 0. The summed E-state index contributed by atoms with van der Waals surface area (Å²) in [6, 6.07) is 7.77. The van der Waals surface area contributed by atoms with Crippen LogP contribution in [0.2, 0.25) is 0 Å². The number of hydrogen-bond donors (Lipinski definition) is 2. The molecule has 0 saturated heterocycles. The van der Waals surface area contributed by atoms with Crippen LogP contribution in [0.3, 0.4) is 0 Å². The molecule has 1 rings (SSSR count). The highest BCUT2D eigenvalue weighted by molar-refractivity contribution is 5.95. The van der Waals surface area contributed by atoms with Gasteiger partial charge in [0.1, 0.15) is 0 Å². The van der Waals surface area contributed by atoms with Gasteiger partial charge in [0.25, 0.3) is 5.91 Å². The van der Waals surface area contributed by atoms with Crippen LogP contribution in [0.25, 0.3) is 0 Å². The van der Waals surface area contributed by atoms with Gasteiger partial charge in [0.2, 0.25) is 0 Å². The number of nitrogens with one attached hydrogen (secondary N) is 1. The van der Waals surface area contributed by atoms with Crippen molar-refractivity contribution < 1.29 is 14.7 Å². The van der Waals surface area contributed by atoms with Gasteiger partial charge in [-0.25, -0.2) is 0 Å². The smallest absolute Gasteiger partial charge is 0.311 e. The first-order valence-electron chi connectivity index (χ1n) is 6.87.